The van der Waals surface area contributed by atoms with Gasteiger partial charge in [-0.1, -0.05) is 0 Å². The fourth-order valence-corrected chi connectivity index (χ4v) is 3.83. The second kappa shape index (κ2) is 5.79. The lowest BCUT2D eigenvalue weighted by Crippen LogP contribution is -2.30. The molecular weight excluding hydrogens is 266 g/mol. The molecule has 1 saturated heterocycles. The summed E-state index contributed by atoms with van der Waals surface area (Å²) in [5.41, 5.74) is 2.34. The summed E-state index contributed by atoms with van der Waals surface area (Å²) in [5, 5.41) is 4.23. The number of aryl methyl sites for hydroxylation is 2. The minimum Gasteiger partial charge on any atom is -0.381 e. The van der Waals surface area contributed by atoms with Crippen LogP contribution in [0.2, 0.25) is 0 Å². The first-order valence-corrected chi connectivity index (χ1v) is 7.86. The quantitative estimate of drug-likeness (QED) is 0.845. The topological polar surface area (TPSA) is 47.4 Å². The van der Waals surface area contributed by atoms with Crippen molar-refractivity contribution in [3.63, 3.8) is 0 Å². The third kappa shape index (κ3) is 2.84. The molecule has 5 heteroatoms. The van der Waals surface area contributed by atoms with Crippen molar-refractivity contribution in [2.24, 2.45) is 18.9 Å². The van der Waals surface area contributed by atoms with Gasteiger partial charge in [0.25, 0.3) is 0 Å². The van der Waals surface area contributed by atoms with Crippen LogP contribution in [-0.4, -0.2) is 46.9 Å². The lowest BCUT2D eigenvalue weighted by atomic mass is 10.0. The molecule has 0 aromatic carbocycles. The monoisotopic (exact) mass is 291 g/mol. The van der Waals surface area contributed by atoms with Gasteiger partial charge in [-0.05, 0) is 43.6 Å². The SMILES string of the molecule is COC1C[C@@H]2CN(C(=O)CCc3cnn(C)c3C)C[C@@H]2C1. The molecule has 1 aliphatic carbocycles. The van der Waals surface area contributed by atoms with E-state index in [2.05, 4.69) is 16.9 Å². The Hall–Kier alpha value is -1.36. The number of carbonyl (C=O) groups excluding carboxylic acids is 1. The third-order valence-corrected chi connectivity index (χ3v) is 5.34. The van der Waals surface area contributed by atoms with Gasteiger partial charge in [0.05, 0.1) is 12.3 Å². The second-order valence-electron chi connectivity index (χ2n) is 6.53. The number of hydrogen-bond acceptors (Lipinski definition) is 3. The molecule has 0 N–H and O–H groups in total. The summed E-state index contributed by atoms with van der Waals surface area (Å²) in [6.45, 7) is 3.91. The molecule has 21 heavy (non-hydrogen) atoms. The Morgan fingerprint density at radius 1 is 1.38 bits per heavy atom. The van der Waals surface area contributed by atoms with E-state index >= 15 is 0 Å². The van der Waals surface area contributed by atoms with Gasteiger partial charge >= 0.3 is 0 Å². The molecule has 3 rings (SSSR count). The lowest BCUT2D eigenvalue weighted by molar-refractivity contribution is -0.130. The van der Waals surface area contributed by atoms with E-state index in [-0.39, 0.29) is 0 Å². The molecule has 1 aromatic rings. The molecule has 5 nitrogen and oxygen atoms in total. The summed E-state index contributed by atoms with van der Waals surface area (Å²) in [6.07, 6.45) is 5.92. The van der Waals surface area contributed by atoms with Crippen molar-refractivity contribution in [3.05, 3.63) is 17.5 Å². The van der Waals surface area contributed by atoms with E-state index < -0.39 is 0 Å². The zero-order chi connectivity index (χ0) is 15.0. The van der Waals surface area contributed by atoms with Crippen LogP contribution in [0.5, 0.6) is 0 Å². The van der Waals surface area contributed by atoms with Crippen molar-refractivity contribution >= 4 is 5.91 Å². The average molecular weight is 291 g/mol. The molecule has 1 unspecified atom stereocenters. The number of fused-ring (bicyclic) bond motifs is 1. The fraction of sp³-hybridized carbons (Fsp3) is 0.750. The normalized spacial score (nSPS) is 28.1. The first-order chi connectivity index (χ1) is 10.1. The molecule has 116 valence electrons. The van der Waals surface area contributed by atoms with Crippen LogP contribution >= 0.6 is 0 Å². The summed E-state index contributed by atoms with van der Waals surface area (Å²) in [7, 11) is 3.74. The predicted molar refractivity (Wildman–Crippen MR) is 79.9 cm³/mol. The molecule has 1 amide bonds. The number of aromatic nitrogens is 2. The van der Waals surface area contributed by atoms with Gasteiger partial charge < -0.3 is 9.64 Å². The summed E-state index contributed by atoms with van der Waals surface area (Å²) >= 11 is 0. The molecule has 0 spiro atoms. The van der Waals surface area contributed by atoms with Crippen LogP contribution in [0.15, 0.2) is 6.20 Å². The molecule has 0 radical (unpaired) electrons. The summed E-state index contributed by atoms with van der Waals surface area (Å²) in [5.74, 6) is 1.60. The van der Waals surface area contributed by atoms with E-state index in [1.165, 1.54) is 5.56 Å². The maximum Gasteiger partial charge on any atom is 0.222 e. The van der Waals surface area contributed by atoms with Crippen LogP contribution in [0, 0.1) is 18.8 Å². The largest absolute Gasteiger partial charge is 0.381 e. The summed E-state index contributed by atoms with van der Waals surface area (Å²) in [6, 6.07) is 0. The summed E-state index contributed by atoms with van der Waals surface area (Å²) < 4.78 is 7.32. The highest BCUT2D eigenvalue weighted by Crippen LogP contribution is 2.39. The third-order valence-electron chi connectivity index (χ3n) is 5.34. The molecule has 3 atom stereocenters. The van der Waals surface area contributed by atoms with Gasteiger partial charge in [-0.25, -0.2) is 0 Å². The van der Waals surface area contributed by atoms with Crippen molar-refractivity contribution in [2.75, 3.05) is 20.2 Å². The fourth-order valence-electron chi connectivity index (χ4n) is 3.83. The van der Waals surface area contributed by atoms with Gasteiger partial charge in [0, 0.05) is 39.4 Å². The zero-order valence-corrected chi connectivity index (χ0v) is 13.2. The Kier molecular flexibility index (Phi) is 4.02. The van der Waals surface area contributed by atoms with E-state index in [4.69, 9.17) is 4.74 Å². The standard InChI is InChI=1S/C16H25N3O2/c1-11-12(8-17-18(11)2)4-5-16(20)19-9-13-6-15(21-3)7-14(13)10-19/h8,13-15H,4-7,9-10H2,1-3H3/t13-,14+,15?. The van der Waals surface area contributed by atoms with Crippen LogP contribution in [0.1, 0.15) is 30.5 Å². The van der Waals surface area contributed by atoms with Crippen LogP contribution in [0.4, 0.5) is 0 Å². The summed E-state index contributed by atoms with van der Waals surface area (Å²) in [4.78, 5) is 14.4. The maximum atomic E-state index is 12.4. The van der Waals surface area contributed by atoms with Crippen molar-refractivity contribution < 1.29 is 9.53 Å². The molecule has 1 saturated carbocycles. The number of rotatable bonds is 4. The first-order valence-electron chi connectivity index (χ1n) is 7.86. The van der Waals surface area contributed by atoms with Gasteiger partial charge in [-0.15, -0.1) is 0 Å². The highest BCUT2D eigenvalue weighted by atomic mass is 16.5. The minimum absolute atomic E-state index is 0.293. The minimum atomic E-state index is 0.293. The number of carbonyl (C=O) groups is 1. The number of likely N-dealkylation sites (tertiary alicyclic amines) is 1. The van der Waals surface area contributed by atoms with Gasteiger partial charge in [0.1, 0.15) is 0 Å². The Morgan fingerprint density at radius 3 is 2.57 bits per heavy atom. The smallest absolute Gasteiger partial charge is 0.222 e. The number of ether oxygens (including phenoxy) is 1. The number of amides is 1. The van der Waals surface area contributed by atoms with E-state index in [0.29, 0.717) is 30.3 Å². The van der Waals surface area contributed by atoms with Crippen molar-refractivity contribution in [2.45, 2.75) is 38.7 Å². The van der Waals surface area contributed by atoms with Gasteiger partial charge in [-0.2, -0.15) is 5.10 Å². The van der Waals surface area contributed by atoms with E-state index in [9.17, 15) is 4.79 Å². The van der Waals surface area contributed by atoms with Gasteiger partial charge in [0.2, 0.25) is 5.91 Å². The van der Waals surface area contributed by atoms with E-state index in [1.807, 2.05) is 17.9 Å². The molecular formula is C16H25N3O2. The second-order valence-corrected chi connectivity index (χ2v) is 6.53. The molecule has 0 bridgehead atoms. The van der Waals surface area contributed by atoms with E-state index in [0.717, 1.165) is 38.0 Å². The average Bonchev–Trinajstić information content (AvgIpc) is 3.11. The Morgan fingerprint density at radius 2 is 2.05 bits per heavy atom. The highest BCUT2D eigenvalue weighted by Gasteiger charge is 2.42. The van der Waals surface area contributed by atoms with Crippen LogP contribution in [-0.2, 0) is 23.0 Å². The van der Waals surface area contributed by atoms with E-state index in [1.54, 1.807) is 7.11 Å². The van der Waals surface area contributed by atoms with Crippen molar-refractivity contribution in [1.82, 2.24) is 14.7 Å². The maximum absolute atomic E-state index is 12.4. The number of nitrogens with zero attached hydrogens (tertiary/aromatic N) is 3. The van der Waals surface area contributed by atoms with Crippen LogP contribution < -0.4 is 0 Å². The molecule has 2 fully saturated rings. The molecule has 2 aliphatic rings. The van der Waals surface area contributed by atoms with Crippen LogP contribution in [0.25, 0.3) is 0 Å². The predicted octanol–water partition coefficient (Wildman–Crippen LogP) is 1.54. The first kappa shape index (κ1) is 14.6. The Labute approximate surface area is 126 Å². The molecule has 2 heterocycles. The number of hydrogen-bond donors (Lipinski definition) is 0. The lowest BCUT2D eigenvalue weighted by Gasteiger charge is -2.19. The van der Waals surface area contributed by atoms with Gasteiger partial charge in [0.15, 0.2) is 0 Å². The zero-order valence-electron chi connectivity index (χ0n) is 13.2. The van der Waals surface area contributed by atoms with Gasteiger partial charge in [-0.3, -0.25) is 9.48 Å². The van der Waals surface area contributed by atoms with Crippen LogP contribution in [0.3, 0.4) is 0 Å². The molecule has 1 aliphatic heterocycles. The highest BCUT2D eigenvalue weighted by molar-refractivity contribution is 5.76. The number of methoxy groups -OCH3 is 1. The van der Waals surface area contributed by atoms with Crippen molar-refractivity contribution in [1.29, 1.82) is 0 Å². The Balaban J connectivity index is 1.50. The molecule has 1 aromatic heterocycles. The Bertz CT molecular complexity index is 512. The van der Waals surface area contributed by atoms with Crippen molar-refractivity contribution in [3.8, 4) is 0 Å².